The van der Waals surface area contributed by atoms with Gasteiger partial charge in [-0.05, 0) is 30.7 Å². The van der Waals surface area contributed by atoms with E-state index in [1.807, 2.05) is 0 Å². The number of carbonyl (C=O) groups is 1. The molecule has 1 saturated heterocycles. The molecule has 0 aromatic heterocycles. The Morgan fingerprint density at radius 3 is 3.00 bits per heavy atom. The average Bonchev–Trinajstić information content (AvgIpc) is 2.83. The van der Waals surface area contributed by atoms with Crippen molar-refractivity contribution >= 4 is 23.6 Å². The number of methoxy groups -OCH3 is 1. The van der Waals surface area contributed by atoms with E-state index in [0.29, 0.717) is 17.3 Å². The first-order valence-electron chi connectivity index (χ1n) is 6.16. The third-order valence-electron chi connectivity index (χ3n) is 3.13. The quantitative estimate of drug-likeness (QED) is 0.861. The Morgan fingerprint density at radius 1 is 1.58 bits per heavy atom. The molecule has 1 aliphatic heterocycles. The summed E-state index contributed by atoms with van der Waals surface area (Å²) in [4.78, 5) is 13.7. The molecule has 1 atom stereocenters. The van der Waals surface area contributed by atoms with Crippen molar-refractivity contribution < 1.29 is 9.53 Å². The molecule has 5 heteroatoms. The second kappa shape index (κ2) is 6.08. The predicted octanol–water partition coefficient (Wildman–Crippen LogP) is 1.92. The largest absolute Gasteiger partial charge is 0.496 e. The van der Waals surface area contributed by atoms with Gasteiger partial charge in [-0.1, -0.05) is 11.6 Å². The Hall–Kier alpha value is -1.52. The molecule has 1 aromatic carbocycles. The van der Waals surface area contributed by atoms with E-state index in [2.05, 4.69) is 0 Å². The predicted molar refractivity (Wildman–Crippen MR) is 76.2 cm³/mol. The number of hydrogen-bond acceptors (Lipinski definition) is 3. The summed E-state index contributed by atoms with van der Waals surface area (Å²) < 4.78 is 5.22. The summed E-state index contributed by atoms with van der Waals surface area (Å²) in [5.41, 5.74) is 6.56. The van der Waals surface area contributed by atoms with Crippen LogP contribution in [0.2, 0.25) is 5.02 Å². The first-order valence-corrected chi connectivity index (χ1v) is 6.54. The molecule has 2 rings (SSSR count). The normalized spacial score (nSPS) is 19.1. The Bertz CT molecular complexity index is 502. The summed E-state index contributed by atoms with van der Waals surface area (Å²) in [5, 5.41) is 0.607. The van der Waals surface area contributed by atoms with Gasteiger partial charge in [0.25, 0.3) is 0 Å². The van der Waals surface area contributed by atoms with Crippen molar-refractivity contribution in [3.63, 3.8) is 0 Å². The molecular formula is C14H17ClN2O2. The van der Waals surface area contributed by atoms with Crippen LogP contribution in [0.4, 0.5) is 0 Å². The number of benzene rings is 1. The van der Waals surface area contributed by atoms with Crippen LogP contribution in [0, 0.1) is 0 Å². The number of halogens is 1. The van der Waals surface area contributed by atoms with Crippen LogP contribution in [0.3, 0.4) is 0 Å². The van der Waals surface area contributed by atoms with Crippen molar-refractivity contribution in [2.45, 2.75) is 12.5 Å². The number of nitrogens with zero attached hydrogens (tertiary/aromatic N) is 1. The van der Waals surface area contributed by atoms with E-state index in [4.69, 9.17) is 22.1 Å². The Balaban J connectivity index is 2.09. The molecule has 0 aliphatic carbocycles. The minimum absolute atomic E-state index is 0.0324. The maximum absolute atomic E-state index is 12.0. The lowest BCUT2D eigenvalue weighted by Crippen LogP contribution is -2.30. The van der Waals surface area contributed by atoms with Crippen LogP contribution >= 0.6 is 11.6 Å². The molecule has 1 amide bonds. The third-order valence-corrected chi connectivity index (χ3v) is 3.37. The number of likely N-dealkylation sites (tertiary alicyclic amines) is 1. The van der Waals surface area contributed by atoms with E-state index in [9.17, 15) is 4.79 Å². The van der Waals surface area contributed by atoms with Crippen LogP contribution < -0.4 is 10.5 Å². The third kappa shape index (κ3) is 3.49. The molecule has 4 nitrogen and oxygen atoms in total. The van der Waals surface area contributed by atoms with Gasteiger partial charge in [0.1, 0.15) is 5.75 Å². The van der Waals surface area contributed by atoms with Crippen molar-refractivity contribution in [1.82, 2.24) is 4.90 Å². The van der Waals surface area contributed by atoms with Gasteiger partial charge < -0.3 is 15.4 Å². The number of ether oxygens (including phenoxy) is 1. The monoisotopic (exact) mass is 280 g/mol. The number of rotatable bonds is 3. The average molecular weight is 281 g/mol. The van der Waals surface area contributed by atoms with Crippen LogP contribution in [0.15, 0.2) is 24.3 Å². The lowest BCUT2D eigenvalue weighted by atomic mass is 10.2. The fraction of sp³-hybridized carbons (Fsp3) is 0.357. The van der Waals surface area contributed by atoms with Crippen molar-refractivity contribution in [1.29, 1.82) is 0 Å². The van der Waals surface area contributed by atoms with Crippen molar-refractivity contribution in [2.24, 2.45) is 5.73 Å². The highest BCUT2D eigenvalue weighted by molar-refractivity contribution is 6.30. The molecule has 0 unspecified atom stereocenters. The minimum atomic E-state index is -0.0324. The van der Waals surface area contributed by atoms with Gasteiger partial charge in [-0.2, -0.15) is 0 Å². The standard InChI is InChI=1S/C14H17ClN2O2/c1-19-13-4-3-11(15)8-10(13)2-5-14(18)17-7-6-12(16)9-17/h2-5,8,12H,6-7,9,16H2,1H3/b5-2+/t12-/m0/s1. The first kappa shape index (κ1) is 13.9. The van der Waals surface area contributed by atoms with Gasteiger partial charge in [0.05, 0.1) is 7.11 Å². The molecule has 2 N–H and O–H groups in total. The van der Waals surface area contributed by atoms with Crippen LogP contribution in [-0.4, -0.2) is 37.0 Å². The fourth-order valence-electron chi connectivity index (χ4n) is 2.09. The van der Waals surface area contributed by atoms with Crippen molar-refractivity contribution in [3.05, 3.63) is 34.9 Å². The molecule has 0 bridgehead atoms. The van der Waals surface area contributed by atoms with Gasteiger partial charge in [-0.3, -0.25) is 4.79 Å². The molecule has 1 aliphatic rings. The zero-order valence-corrected chi connectivity index (χ0v) is 11.6. The van der Waals surface area contributed by atoms with Crippen molar-refractivity contribution in [3.8, 4) is 5.75 Å². The highest BCUT2D eigenvalue weighted by Gasteiger charge is 2.21. The highest BCUT2D eigenvalue weighted by atomic mass is 35.5. The molecular weight excluding hydrogens is 264 g/mol. The van der Waals surface area contributed by atoms with Gasteiger partial charge >= 0.3 is 0 Å². The molecule has 0 spiro atoms. The number of hydrogen-bond donors (Lipinski definition) is 1. The summed E-state index contributed by atoms with van der Waals surface area (Å²) in [7, 11) is 1.59. The van der Waals surface area contributed by atoms with Gasteiger partial charge in [0, 0.05) is 35.8 Å². The van der Waals surface area contributed by atoms with Crippen LogP contribution in [0.1, 0.15) is 12.0 Å². The zero-order chi connectivity index (χ0) is 13.8. The topological polar surface area (TPSA) is 55.6 Å². The zero-order valence-electron chi connectivity index (χ0n) is 10.8. The SMILES string of the molecule is COc1ccc(Cl)cc1/C=C/C(=O)N1CC[C@H](N)C1. The lowest BCUT2D eigenvalue weighted by Gasteiger charge is -2.12. The molecule has 19 heavy (non-hydrogen) atoms. The highest BCUT2D eigenvalue weighted by Crippen LogP contribution is 2.24. The summed E-state index contributed by atoms with van der Waals surface area (Å²) in [6.45, 7) is 1.34. The van der Waals surface area contributed by atoms with E-state index in [1.54, 1.807) is 36.3 Å². The molecule has 102 valence electrons. The molecule has 0 radical (unpaired) electrons. The van der Waals surface area contributed by atoms with Crippen LogP contribution in [0.5, 0.6) is 5.75 Å². The summed E-state index contributed by atoms with van der Waals surface area (Å²) in [6, 6.07) is 5.38. The van der Waals surface area contributed by atoms with Gasteiger partial charge in [-0.25, -0.2) is 0 Å². The van der Waals surface area contributed by atoms with Crippen LogP contribution in [0.25, 0.3) is 6.08 Å². The summed E-state index contributed by atoms with van der Waals surface area (Å²) >= 11 is 5.93. The number of amides is 1. The van der Waals surface area contributed by atoms with Gasteiger partial charge in [-0.15, -0.1) is 0 Å². The molecule has 1 aromatic rings. The number of nitrogens with two attached hydrogens (primary N) is 1. The molecule has 0 saturated carbocycles. The van der Waals surface area contributed by atoms with Crippen LogP contribution in [-0.2, 0) is 4.79 Å². The minimum Gasteiger partial charge on any atom is -0.496 e. The summed E-state index contributed by atoms with van der Waals surface area (Å²) in [5.74, 6) is 0.654. The van der Waals surface area contributed by atoms with E-state index >= 15 is 0 Å². The van der Waals surface area contributed by atoms with E-state index in [-0.39, 0.29) is 11.9 Å². The lowest BCUT2D eigenvalue weighted by molar-refractivity contribution is -0.124. The van der Waals surface area contributed by atoms with E-state index < -0.39 is 0 Å². The van der Waals surface area contributed by atoms with Crippen molar-refractivity contribution in [2.75, 3.05) is 20.2 Å². The summed E-state index contributed by atoms with van der Waals surface area (Å²) in [6.07, 6.45) is 4.11. The Morgan fingerprint density at radius 2 is 2.37 bits per heavy atom. The fourth-order valence-corrected chi connectivity index (χ4v) is 2.27. The maximum atomic E-state index is 12.0. The Kier molecular flexibility index (Phi) is 4.45. The second-order valence-electron chi connectivity index (χ2n) is 4.55. The van der Waals surface area contributed by atoms with E-state index in [1.165, 1.54) is 6.08 Å². The first-order chi connectivity index (χ1) is 9.10. The molecule has 1 heterocycles. The smallest absolute Gasteiger partial charge is 0.246 e. The maximum Gasteiger partial charge on any atom is 0.246 e. The number of carbonyl (C=O) groups excluding carboxylic acids is 1. The molecule has 1 fully saturated rings. The Labute approximate surface area is 117 Å². The van der Waals surface area contributed by atoms with E-state index in [0.717, 1.165) is 18.5 Å². The van der Waals surface area contributed by atoms with Gasteiger partial charge in [0.15, 0.2) is 0 Å². The van der Waals surface area contributed by atoms with Gasteiger partial charge in [0.2, 0.25) is 5.91 Å². The second-order valence-corrected chi connectivity index (χ2v) is 4.99.